The SMILES string of the molecule is CC1C(c2ccccc2)=Cc2cc(-c3ccc(-c4cc5ccc6cccc7c8cccc9ccc%10cccc(c(c4)c5c67)c%10c98)cn3)ccc21. The molecule has 0 N–H and O–H groups in total. The predicted octanol–water partition coefficient (Wildman–Crippen LogP) is 13.4. The third kappa shape index (κ3) is 3.92. The molecule has 0 radical (unpaired) electrons. The van der Waals surface area contributed by atoms with Gasteiger partial charge >= 0.3 is 0 Å². The molecule has 1 heterocycles. The van der Waals surface area contributed by atoms with Gasteiger partial charge in [0.15, 0.2) is 0 Å². The number of allylic oxidation sites excluding steroid dienone is 1. The van der Waals surface area contributed by atoms with Crippen molar-refractivity contribution in [3.05, 3.63) is 175 Å². The lowest BCUT2D eigenvalue weighted by molar-refractivity contribution is 1.01. The quantitative estimate of drug-likeness (QED) is 0.176. The Hall–Kier alpha value is -6.31. The van der Waals surface area contributed by atoms with Crippen LogP contribution in [0.3, 0.4) is 0 Å². The molecule has 9 aromatic carbocycles. The number of rotatable bonds is 3. The first kappa shape index (κ1) is 27.6. The molecule has 1 heteroatoms. The van der Waals surface area contributed by atoms with Gasteiger partial charge < -0.3 is 0 Å². The minimum absolute atomic E-state index is 0.374. The van der Waals surface area contributed by atoms with Gasteiger partial charge in [0, 0.05) is 23.2 Å². The normalized spacial score (nSPS) is 14.4. The molecule has 0 fully saturated rings. The van der Waals surface area contributed by atoms with Gasteiger partial charge in [-0.05, 0) is 117 Å². The molecule has 1 aromatic heterocycles. The smallest absolute Gasteiger partial charge is 0.0702 e. The van der Waals surface area contributed by atoms with E-state index in [0.29, 0.717) is 5.92 Å². The second kappa shape index (κ2) is 10.3. The molecule has 1 unspecified atom stereocenters. The minimum atomic E-state index is 0.374. The molecule has 1 aliphatic carbocycles. The largest absolute Gasteiger partial charge is 0.256 e. The van der Waals surface area contributed by atoms with Gasteiger partial charge in [0.1, 0.15) is 0 Å². The second-order valence-electron chi connectivity index (χ2n) is 13.9. The van der Waals surface area contributed by atoms with Crippen LogP contribution in [0, 0.1) is 0 Å². The Morgan fingerprint density at radius 2 is 1.02 bits per heavy atom. The maximum atomic E-state index is 5.06. The lowest BCUT2D eigenvalue weighted by Gasteiger charge is -2.17. The van der Waals surface area contributed by atoms with Crippen LogP contribution >= 0.6 is 0 Å². The lowest BCUT2D eigenvalue weighted by atomic mass is 9.86. The zero-order chi connectivity index (χ0) is 32.9. The molecule has 0 bridgehead atoms. The van der Waals surface area contributed by atoms with Gasteiger partial charge in [0.2, 0.25) is 0 Å². The van der Waals surface area contributed by atoms with Crippen LogP contribution in [0.1, 0.15) is 29.5 Å². The Kier molecular flexibility index (Phi) is 5.71. The van der Waals surface area contributed by atoms with Crippen LogP contribution in [-0.2, 0) is 0 Å². The monoisotopic (exact) mass is 633 g/mol. The van der Waals surface area contributed by atoms with Gasteiger partial charge in [-0.25, -0.2) is 0 Å². The number of pyridine rings is 1. The van der Waals surface area contributed by atoms with Crippen molar-refractivity contribution >= 4 is 76.3 Å². The lowest BCUT2D eigenvalue weighted by Crippen LogP contribution is -1.93. The number of hydrogen-bond acceptors (Lipinski definition) is 1. The number of aromatic nitrogens is 1. The summed E-state index contributed by atoms with van der Waals surface area (Å²) in [4.78, 5) is 5.06. The van der Waals surface area contributed by atoms with Crippen molar-refractivity contribution < 1.29 is 0 Å². The number of nitrogens with zero attached hydrogens (tertiary/aromatic N) is 1. The predicted molar refractivity (Wildman–Crippen MR) is 214 cm³/mol. The average Bonchev–Trinajstić information content (AvgIpc) is 3.51. The van der Waals surface area contributed by atoms with E-state index in [9.17, 15) is 0 Å². The fourth-order valence-corrected chi connectivity index (χ4v) is 8.86. The molecule has 0 spiro atoms. The minimum Gasteiger partial charge on any atom is -0.256 e. The van der Waals surface area contributed by atoms with Crippen molar-refractivity contribution in [1.82, 2.24) is 4.98 Å². The van der Waals surface area contributed by atoms with Crippen molar-refractivity contribution in [2.24, 2.45) is 0 Å². The molecule has 0 amide bonds. The van der Waals surface area contributed by atoms with E-state index in [1.165, 1.54) is 92.5 Å². The summed E-state index contributed by atoms with van der Waals surface area (Å²) in [5, 5.41) is 15.6. The average molecular weight is 634 g/mol. The molecule has 1 nitrogen and oxygen atoms in total. The van der Waals surface area contributed by atoms with Crippen LogP contribution in [0.15, 0.2) is 158 Å². The third-order valence-electron chi connectivity index (χ3n) is 11.3. The molecular formula is C49H31N. The maximum Gasteiger partial charge on any atom is 0.0702 e. The summed E-state index contributed by atoms with van der Waals surface area (Å²) in [6, 6.07) is 56.2. The highest BCUT2D eigenvalue weighted by Gasteiger charge is 2.23. The van der Waals surface area contributed by atoms with Gasteiger partial charge in [0.25, 0.3) is 0 Å². The highest BCUT2D eigenvalue weighted by molar-refractivity contribution is 6.37. The van der Waals surface area contributed by atoms with Crippen molar-refractivity contribution in [2.75, 3.05) is 0 Å². The Labute approximate surface area is 290 Å². The summed E-state index contributed by atoms with van der Waals surface area (Å²) in [7, 11) is 0. The summed E-state index contributed by atoms with van der Waals surface area (Å²) < 4.78 is 0. The molecule has 0 saturated carbocycles. The first-order valence-electron chi connectivity index (χ1n) is 17.5. The van der Waals surface area contributed by atoms with Crippen LogP contribution in [-0.4, -0.2) is 4.98 Å². The molecule has 50 heavy (non-hydrogen) atoms. The zero-order valence-electron chi connectivity index (χ0n) is 27.6. The van der Waals surface area contributed by atoms with Gasteiger partial charge in [-0.2, -0.15) is 0 Å². The first-order chi connectivity index (χ1) is 24.7. The van der Waals surface area contributed by atoms with Crippen LogP contribution in [0.25, 0.3) is 98.7 Å². The topological polar surface area (TPSA) is 12.9 Å². The van der Waals surface area contributed by atoms with Crippen molar-refractivity contribution in [3.63, 3.8) is 0 Å². The molecule has 1 aliphatic rings. The van der Waals surface area contributed by atoms with E-state index in [1.54, 1.807) is 0 Å². The van der Waals surface area contributed by atoms with E-state index in [0.717, 1.165) is 16.8 Å². The first-order valence-corrected chi connectivity index (χ1v) is 17.5. The summed E-state index contributed by atoms with van der Waals surface area (Å²) in [6.45, 7) is 2.31. The number of benzene rings is 8. The highest BCUT2D eigenvalue weighted by atomic mass is 14.7. The van der Waals surface area contributed by atoms with Gasteiger partial charge in [-0.15, -0.1) is 0 Å². The molecule has 1 atom stereocenters. The van der Waals surface area contributed by atoms with Crippen LogP contribution in [0.2, 0.25) is 0 Å². The number of fused-ring (bicyclic) bond motifs is 3. The summed E-state index contributed by atoms with van der Waals surface area (Å²) in [5.41, 5.74) is 9.78. The molecule has 232 valence electrons. The van der Waals surface area contributed by atoms with E-state index >= 15 is 0 Å². The van der Waals surface area contributed by atoms with E-state index in [1.807, 2.05) is 0 Å². The van der Waals surface area contributed by atoms with Crippen LogP contribution in [0.5, 0.6) is 0 Å². The zero-order valence-corrected chi connectivity index (χ0v) is 27.6. The summed E-state index contributed by atoms with van der Waals surface area (Å²) in [6.07, 6.45) is 4.41. The van der Waals surface area contributed by atoms with E-state index in [4.69, 9.17) is 4.98 Å². The fourth-order valence-electron chi connectivity index (χ4n) is 8.86. The molecule has 10 aromatic rings. The second-order valence-corrected chi connectivity index (χ2v) is 13.9. The maximum absolute atomic E-state index is 5.06. The van der Waals surface area contributed by atoms with Crippen molar-refractivity contribution in [3.8, 4) is 22.4 Å². The summed E-state index contributed by atoms with van der Waals surface area (Å²) >= 11 is 0. The van der Waals surface area contributed by atoms with Gasteiger partial charge in [0.05, 0.1) is 5.69 Å². The Morgan fingerprint density at radius 3 is 1.66 bits per heavy atom. The Balaban J connectivity index is 1.11. The summed E-state index contributed by atoms with van der Waals surface area (Å²) in [5.74, 6) is 0.374. The standard InChI is InChI=1S/C49H31N/c1-29-39-22-20-34(24-38(39)27-43(29)30-8-3-2-4-9-30)45-23-21-36(28-50-45)37-25-35-19-18-33-11-6-14-41-40-13-5-10-31-16-17-32-12-7-15-42(48(32)46(31)40)44(26-37)49(35)47(33)41/h2-29H,1H3. The Bertz CT molecular complexity index is 3020. The molecular weight excluding hydrogens is 603 g/mol. The Morgan fingerprint density at radius 1 is 0.420 bits per heavy atom. The highest BCUT2D eigenvalue weighted by Crippen LogP contribution is 2.45. The third-order valence-corrected chi connectivity index (χ3v) is 11.3. The molecule has 0 aliphatic heterocycles. The number of hydrogen-bond donors (Lipinski definition) is 0. The van der Waals surface area contributed by atoms with E-state index in [2.05, 4.69) is 171 Å². The molecule has 11 rings (SSSR count). The van der Waals surface area contributed by atoms with Gasteiger partial charge in [-0.3, -0.25) is 4.98 Å². The van der Waals surface area contributed by atoms with E-state index in [-0.39, 0.29) is 0 Å². The van der Waals surface area contributed by atoms with Crippen LogP contribution < -0.4 is 0 Å². The van der Waals surface area contributed by atoms with Gasteiger partial charge in [-0.1, -0.05) is 140 Å². The van der Waals surface area contributed by atoms with Crippen molar-refractivity contribution in [1.29, 1.82) is 0 Å². The van der Waals surface area contributed by atoms with Crippen LogP contribution in [0.4, 0.5) is 0 Å². The van der Waals surface area contributed by atoms with E-state index < -0.39 is 0 Å². The molecule has 0 saturated heterocycles. The fraction of sp³-hybridized carbons (Fsp3) is 0.0408. The van der Waals surface area contributed by atoms with Crippen molar-refractivity contribution in [2.45, 2.75) is 12.8 Å².